The van der Waals surface area contributed by atoms with Crippen LogP contribution in [-0.4, -0.2) is 35.4 Å². The van der Waals surface area contributed by atoms with Gasteiger partial charge in [0.1, 0.15) is 0 Å². The first-order chi connectivity index (χ1) is 9.99. The molecule has 0 aliphatic carbocycles. The number of likely N-dealkylation sites (N-methyl/N-ethyl adjacent to an activating group) is 1. The van der Waals surface area contributed by atoms with Gasteiger partial charge in [-0.2, -0.15) is 5.26 Å². The van der Waals surface area contributed by atoms with Gasteiger partial charge >= 0.3 is 5.69 Å². The fourth-order valence-electron chi connectivity index (χ4n) is 1.63. The van der Waals surface area contributed by atoms with Crippen LogP contribution < -0.4 is 4.74 Å². The number of nitriles is 1. The van der Waals surface area contributed by atoms with E-state index in [1.807, 2.05) is 6.07 Å². The fourth-order valence-corrected chi connectivity index (χ4v) is 1.80. The number of benzene rings is 1. The van der Waals surface area contributed by atoms with Crippen LogP contribution in [0, 0.1) is 21.4 Å². The van der Waals surface area contributed by atoms with Gasteiger partial charge in [-0.3, -0.25) is 14.9 Å². The highest BCUT2D eigenvalue weighted by atomic mass is 35.5. The molecule has 112 valence electrons. The van der Waals surface area contributed by atoms with E-state index in [-0.39, 0.29) is 35.4 Å². The van der Waals surface area contributed by atoms with Crippen LogP contribution in [0.25, 0.3) is 0 Å². The van der Waals surface area contributed by atoms with Crippen LogP contribution in [0.5, 0.6) is 5.75 Å². The van der Waals surface area contributed by atoms with Crippen molar-refractivity contribution in [3.8, 4) is 11.8 Å². The highest BCUT2D eigenvalue weighted by Gasteiger charge is 2.18. The average molecular weight is 312 g/mol. The Balaban J connectivity index is 2.72. The fraction of sp³-hybridized carbons (Fsp3) is 0.385. The van der Waals surface area contributed by atoms with Gasteiger partial charge in [-0.1, -0.05) is 11.6 Å². The standard InChI is InChI=1S/C13H14ClN3O4/c1-2-16(7-3-6-15)13(18)9-21-12-5-4-10(14)8-11(12)17(19)20/h4-5,8H,2-3,7,9H2,1H3. The summed E-state index contributed by atoms with van der Waals surface area (Å²) >= 11 is 5.69. The summed E-state index contributed by atoms with van der Waals surface area (Å²) in [6, 6.07) is 5.91. The van der Waals surface area contributed by atoms with Crippen LogP contribution in [-0.2, 0) is 4.79 Å². The van der Waals surface area contributed by atoms with E-state index < -0.39 is 4.92 Å². The van der Waals surface area contributed by atoms with E-state index in [0.717, 1.165) is 6.07 Å². The zero-order valence-corrected chi connectivity index (χ0v) is 12.2. The Morgan fingerprint density at radius 3 is 2.86 bits per heavy atom. The summed E-state index contributed by atoms with van der Waals surface area (Å²) in [5, 5.41) is 19.6. The van der Waals surface area contributed by atoms with Crippen LogP contribution in [0.3, 0.4) is 0 Å². The Labute approximate surface area is 126 Å². The van der Waals surface area contributed by atoms with Gasteiger partial charge in [0.2, 0.25) is 0 Å². The minimum absolute atomic E-state index is 0.0194. The number of nitrogens with zero attached hydrogens (tertiary/aromatic N) is 3. The molecule has 0 aliphatic heterocycles. The first-order valence-corrected chi connectivity index (χ1v) is 6.58. The van der Waals surface area contributed by atoms with E-state index in [9.17, 15) is 14.9 Å². The summed E-state index contributed by atoms with van der Waals surface area (Å²) < 4.78 is 5.20. The summed E-state index contributed by atoms with van der Waals surface area (Å²) in [5.74, 6) is -0.355. The van der Waals surface area contributed by atoms with Crippen molar-refractivity contribution in [2.45, 2.75) is 13.3 Å². The monoisotopic (exact) mass is 311 g/mol. The Bertz CT molecular complexity index is 571. The Morgan fingerprint density at radius 1 is 1.57 bits per heavy atom. The Morgan fingerprint density at radius 2 is 2.29 bits per heavy atom. The van der Waals surface area contributed by atoms with E-state index in [1.54, 1.807) is 6.92 Å². The van der Waals surface area contributed by atoms with E-state index in [0.29, 0.717) is 13.1 Å². The number of rotatable bonds is 7. The molecule has 0 radical (unpaired) electrons. The van der Waals surface area contributed by atoms with Gasteiger partial charge in [-0.15, -0.1) is 0 Å². The molecule has 0 bridgehead atoms. The molecular weight excluding hydrogens is 298 g/mol. The zero-order chi connectivity index (χ0) is 15.8. The van der Waals surface area contributed by atoms with Crippen molar-refractivity contribution in [2.75, 3.05) is 19.7 Å². The van der Waals surface area contributed by atoms with Crippen molar-refractivity contribution in [1.29, 1.82) is 5.26 Å². The highest BCUT2D eigenvalue weighted by molar-refractivity contribution is 6.30. The van der Waals surface area contributed by atoms with Crippen LogP contribution >= 0.6 is 11.6 Å². The molecule has 0 fully saturated rings. The first-order valence-electron chi connectivity index (χ1n) is 6.21. The average Bonchev–Trinajstić information content (AvgIpc) is 2.46. The number of ether oxygens (including phenoxy) is 1. The van der Waals surface area contributed by atoms with Crippen LogP contribution in [0.1, 0.15) is 13.3 Å². The lowest BCUT2D eigenvalue weighted by Gasteiger charge is -2.19. The Hall–Kier alpha value is -2.33. The second kappa shape index (κ2) is 8.07. The number of carbonyl (C=O) groups is 1. The lowest BCUT2D eigenvalue weighted by atomic mass is 10.3. The van der Waals surface area contributed by atoms with Crippen molar-refractivity contribution in [3.05, 3.63) is 33.3 Å². The van der Waals surface area contributed by atoms with Gasteiger partial charge in [-0.05, 0) is 19.1 Å². The predicted molar refractivity (Wildman–Crippen MR) is 76.1 cm³/mol. The molecule has 0 aromatic heterocycles. The third-order valence-corrected chi connectivity index (χ3v) is 2.93. The SMILES string of the molecule is CCN(CCC#N)C(=O)COc1ccc(Cl)cc1[N+](=O)[O-]. The van der Waals surface area contributed by atoms with E-state index >= 15 is 0 Å². The number of hydrogen-bond acceptors (Lipinski definition) is 5. The predicted octanol–water partition coefficient (Wildman–Crippen LogP) is 2.39. The number of halogens is 1. The van der Waals surface area contributed by atoms with Crippen LogP contribution in [0.4, 0.5) is 5.69 Å². The second-order valence-corrected chi connectivity index (χ2v) is 4.48. The van der Waals surface area contributed by atoms with Gasteiger partial charge in [0.25, 0.3) is 5.91 Å². The molecule has 0 saturated heterocycles. The van der Waals surface area contributed by atoms with E-state index in [1.165, 1.54) is 17.0 Å². The van der Waals surface area contributed by atoms with Crippen molar-refractivity contribution < 1.29 is 14.5 Å². The van der Waals surface area contributed by atoms with Crippen LogP contribution in [0.2, 0.25) is 5.02 Å². The number of nitro groups is 1. The van der Waals surface area contributed by atoms with Gasteiger partial charge in [0.15, 0.2) is 12.4 Å². The minimum atomic E-state index is -0.626. The zero-order valence-electron chi connectivity index (χ0n) is 11.4. The normalized spacial score (nSPS) is 9.76. The molecule has 0 aliphatic rings. The largest absolute Gasteiger partial charge is 0.477 e. The molecule has 21 heavy (non-hydrogen) atoms. The van der Waals surface area contributed by atoms with Crippen molar-refractivity contribution in [3.63, 3.8) is 0 Å². The second-order valence-electron chi connectivity index (χ2n) is 4.04. The summed E-state index contributed by atoms with van der Waals surface area (Å²) in [5.41, 5.74) is -0.296. The maximum absolute atomic E-state index is 11.9. The summed E-state index contributed by atoms with van der Waals surface area (Å²) in [6.07, 6.45) is 0.223. The number of hydrogen-bond donors (Lipinski definition) is 0. The molecule has 8 heteroatoms. The number of amides is 1. The number of nitro benzene ring substituents is 1. The van der Waals surface area contributed by atoms with Crippen molar-refractivity contribution in [2.24, 2.45) is 0 Å². The van der Waals surface area contributed by atoms with Crippen molar-refractivity contribution >= 4 is 23.2 Å². The smallest absolute Gasteiger partial charge is 0.312 e. The minimum Gasteiger partial charge on any atom is -0.477 e. The van der Waals surface area contributed by atoms with Crippen LogP contribution in [0.15, 0.2) is 18.2 Å². The molecule has 7 nitrogen and oxygen atoms in total. The molecule has 0 atom stereocenters. The topological polar surface area (TPSA) is 96.5 Å². The van der Waals surface area contributed by atoms with E-state index in [4.69, 9.17) is 21.6 Å². The molecule has 0 heterocycles. The molecule has 0 saturated carbocycles. The summed E-state index contributed by atoms with van der Waals surface area (Å²) in [6.45, 7) is 2.19. The lowest BCUT2D eigenvalue weighted by molar-refractivity contribution is -0.385. The van der Waals surface area contributed by atoms with E-state index in [2.05, 4.69) is 0 Å². The van der Waals surface area contributed by atoms with Gasteiger partial charge < -0.3 is 9.64 Å². The molecule has 1 rings (SSSR count). The summed E-state index contributed by atoms with van der Waals surface area (Å²) in [4.78, 5) is 23.6. The number of carbonyl (C=O) groups excluding carboxylic acids is 1. The molecule has 1 amide bonds. The maximum Gasteiger partial charge on any atom is 0.312 e. The van der Waals surface area contributed by atoms with Crippen molar-refractivity contribution in [1.82, 2.24) is 4.90 Å². The first kappa shape index (κ1) is 16.7. The van der Waals surface area contributed by atoms with Gasteiger partial charge in [0.05, 0.1) is 17.4 Å². The Kier molecular flexibility index (Phi) is 6.43. The third-order valence-electron chi connectivity index (χ3n) is 2.70. The third kappa shape index (κ3) is 4.93. The molecule has 1 aromatic carbocycles. The van der Waals surface area contributed by atoms with Gasteiger partial charge in [-0.25, -0.2) is 0 Å². The molecule has 0 unspecified atom stereocenters. The molecule has 1 aromatic rings. The summed E-state index contributed by atoms with van der Waals surface area (Å²) in [7, 11) is 0. The molecule has 0 spiro atoms. The quantitative estimate of drug-likeness (QED) is 0.569. The molecule has 0 N–H and O–H groups in total. The lowest BCUT2D eigenvalue weighted by Crippen LogP contribution is -2.35. The highest BCUT2D eigenvalue weighted by Crippen LogP contribution is 2.29. The maximum atomic E-state index is 11.9. The van der Waals surface area contributed by atoms with Gasteiger partial charge in [0, 0.05) is 24.2 Å². The molecular formula is C13H14ClN3O4.